The zero-order chi connectivity index (χ0) is 97.2. The minimum atomic E-state index is -0.0873. The molecule has 0 aliphatic heterocycles. The van der Waals surface area contributed by atoms with E-state index in [1.54, 1.807) is 0 Å². The van der Waals surface area contributed by atoms with Crippen molar-refractivity contribution in [3.8, 4) is 168 Å². The van der Waals surface area contributed by atoms with Crippen molar-refractivity contribution in [3.63, 3.8) is 0 Å². The molecule has 24 aromatic rings. The molecule has 3 aliphatic carbocycles. The number of nitrogens with zero attached hydrogens (tertiary/aromatic N) is 7. The van der Waals surface area contributed by atoms with E-state index in [9.17, 15) is 0 Å². The van der Waals surface area contributed by atoms with Gasteiger partial charge in [-0.1, -0.05) is 428 Å². The summed E-state index contributed by atoms with van der Waals surface area (Å²) < 4.78 is 0. The Balaban J connectivity index is 0.000000113. The molecule has 144 heavy (non-hydrogen) atoms. The summed E-state index contributed by atoms with van der Waals surface area (Å²) in [7, 11) is 0. The normalized spacial score (nSPS) is 13.1. The first-order valence-corrected chi connectivity index (χ1v) is 49.9. The van der Waals surface area contributed by atoms with Crippen LogP contribution in [0.2, 0.25) is 0 Å². The van der Waals surface area contributed by atoms with Crippen LogP contribution in [0.5, 0.6) is 0 Å². The molecular formula is C137H101N7. The van der Waals surface area contributed by atoms with Crippen LogP contribution in [0, 0.1) is 20.8 Å². The Morgan fingerprint density at radius 1 is 0.153 bits per heavy atom. The Morgan fingerprint density at radius 3 is 0.806 bits per heavy atom. The molecule has 0 atom stereocenters. The molecule has 7 heteroatoms. The van der Waals surface area contributed by atoms with Gasteiger partial charge in [-0.15, -0.1) is 0 Å². The highest BCUT2D eigenvalue weighted by atomic mass is 15.0. The van der Waals surface area contributed by atoms with E-state index < -0.39 is 0 Å². The Bertz CT molecular complexity index is 8270. The third-order valence-electron chi connectivity index (χ3n) is 30.3. The number of aromatic nitrogens is 7. The number of hydrogen-bond acceptors (Lipinski definition) is 7. The third kappa shape index (κ3) is 15.1. The smallest absolute Gasteiger partial charge is 0.165 e. The van der Waals surface area contributed by atoms with E-state index in [-0.39, 0.29) is 16.2 Å². The molecule has 0 radical (unpaired) electrons. The van der Waals surface area contributed by atoms with Gasteiger partial charge in [0.25, 0.3) is 0 Å². The highest BCUT2D eigenvalue weighted by Crippen LogP contribution is 2.57. The van der Waals surface area contributed by atoms with Gasteiger partial charge in [0.1, 0.15) is 0 Å². The molecule has 4 heterocycles. The van der Waals surface area contributed by atoms with Crippen LogP contribution >= 0.6 is 0 Å². The zero-order valence-corrected chi connectivity index (χ0v) is 81.9. The topological polar surface area (TPSA) is 90.2 Å². The van der Waals surface area contributed by atoms with Crippen LogP contribution in [0.3, 0.4) is 0 Å². The van der Waals surface area contributed by atoms with Gasteiger partial charge < -0.3 is 0 Å². The molecule has 0 unspecified atom stereocenters. The lowest BCUT2D eigenvalue weighted by Gasteiger charge is -2.23. The lowest BCUT2D eigenvalue weighted by atomic mass is 9.80. The summed E-state index contributed by atoms with van der Waals surface area (Å²) in [6.45, 7) is 20.7. The van der Waals surface area contributed by atoms with Crippen molar-refractivity contribution in [1.82, 2.24) is 34.9 Å². The fourth-order valence-electron chi connectivity index (χ4n) is 23.3. The predicted octanol–water partition coefficient (Wildman–Crippen LogP) is 35.6. The second kappa shape index (κ2) is 35.3. The van der Waals surface area contributed by atoms with Gasteiger partial charge in [0, 0.05) is 73.1 Å². The van der Waals surface area contributed by atoms with E-state index in [2.05, 4.69) is 414 Å². The van der Waals surface area contributed by atoms with Crippen LogP contribution < -0.4 is 0 Å². The highest BCUT2D eigenvalue weighted by Gasteiger charge is 2.40. The molecular weight excluding hydrogens is 1740 g/mol. The van der Waals surface area contributed by atoms with Crippen LogP contribution in [-0.4, -0.2) is 34.9 Å². The first-order chi connectivity index (χ1) is 70.4. The van der Waals surface area contributed by atoms with Gasteiger partial charge in [0.15, 0.2) is 23.3 Å². The average Bonchev–Trinajstić information content (AvgIpc) is 1.43. The highest BCUT2D eigenvalue weighted by molar-refractivity contribution is 6.25. The van der Waals surface area contributed by atoms with Crippen LogP contribution in [0.4, 0.5) is 0 Å². The van der Waals surface area contributed by atoms with Gasteiger partial charge in [-0.25, -0.2) is 24.9 Å². The van der Waals surface area contributed by atoms with E-state index in [0.717, 1.165) is 89.4 Å². The number of pyridine rings is 2. The van der Waals surface area contributed by atoms with Gasteiger partial charge in [0.05, 0.1) is 22.8 Å². The van der Waals surface area contributed by atoms with E-state index in [1.807, 2.05) is 97.3 Å². The van der Waals surface area contributed by atoms with E-state index >= 15 is 0 Å². The number of fused-ring (bicyclic) bond motifs is 15. The standard InChI is InChI=1S/2C46H34N2.C45H33N3/c1-29-22-24-37-38(26-29)43(32-23-25-34-33-18-12-13-21-39(33)46(2,3)40(34)27-32)35-19-10-11-20-36(35)44(37)42-28-41(30-14-6-4-7-15-30)47-45(48-42)31-16-8-5-9-17-31;1-29-18-20-38-39(24-29)44(30-19-21-35-34-12-6-7-15-40(34)46(2,3)41(35)28-30)36-13-4-5-14-37(36)45(38)33-26-31(42-16-8-10-22-47-42)25-32(27-33)43-17-9-11-23-48-43;1-28-22-24-36-37(26-28)40(31-23-25-33-32-18-12-13-21-38(32)45(2,3)39(33)27-31)34-19-10-11-20-35(34)41(36)44-47-42(29-14-6-4-7-15-29)46-43(48-44)30-16-8-5-9-17-30/h2*4-28H,1-3H3;4-27H,1-3H3. The van der Waals surface area contributed by atoms with Crippen molar-refractivity contribution >= 4 is 64.6 Å². The monoisotopic (exact) mass is 1840 g/mol. The molecule has 0 spiro atoms. The van der Waals surface area contributed by atoms with Gasteiger partial charge in [-0.3, -0.25) is 9.97 Å². The molecule has 7 nitrogen and oxygen atoms in total. The Hall–Kier alpha value is -17.7. The molecule has 4 aromatic heterocycles. The van der Waals surface area contributed by atoms with E-state index in [0.29, 0.717) is 17.5 Å². The predicted molar refractivity (Wildman–Crippen MR) is 601 cm³/mol. The number of benzene rings is 20. The van der Waals surface area contributed by atoms with Crippen molar-refractivity contribution < 1.29 is 0 Å². The van der Waals surface area contributed by atoms with Gasteiger partial charge in [0.2, 0.25) is 0 Å². The fraction of sp³-hybridized carbons (Fsp3) is 0.0876. The molecule has 0 saturated heterocycles. The minimum absolute atomic E-state index is 0.0722. The first kappa shape index (κ1) is 87.8. The van der Waals surface area contributed by atoms with Gasteiger partial charge >= 0.3 is 0 Å². The molecule has 0 bridgehead atoms. The largest absolute Gasteiger partial charge is 0.256 e. The lowest BCUT2D eigenvalue weighted by Crippen LogP contribution is -2.14. The summed E-state index contributed by atoms with van der Waals surface area (Å²) in [4.78, 5) is 35.2. The first-order valence-electron chi connectivity index (χ1n) is 49.9. The molecule has 27 rings (SSSR count). The SMILES string of the molecule is Cc1ccc2c(-c3cc(-c4ccccc4)nc(-c4ccccc4)n3)c3ccccc3c(-c3ccc4c(c3)C(C)(C)c3ccccc3-4)c2c1.Cc1ccc2c(-c3cc(-c4ccccn4)cc(-c4ccccn4)c3)c3ccccc3c(-c3ccc4c(c3)C(C)(C)c3ccccc3-4)c2c1.Cc1ccc2c(-c3nc(-c4ccccc4)nc(-c4ccccc4)n3)c3ccccc3c(-c3ccc4c(c3)C(C)(C)c3ccccc3-4)c2c1. The summed E-state index contributed by atoms with van der Waals surface area (Å²) in [5.74, 6) is 2.72. The molecule has 0 N–H and O–H groups in total. The molecule has 0 amide bonds. The van der Waals surface area contributed by atoms with Crippen LogP contribution in [0.25, 0.3) is 233 Å². The van der Waals surface area contributed by atoms with Crippen molar-refractivity contribution in [2.75, 3.05) is 0 Å². The number of hydrogen-bond donors (Lipinski definition) is 0. The maximum Gasteiger partial charge on any atom is 0.165 e. The third-order valence-corrected chi connectivity index (χ3v) is 30.3. The molecule has 0 fully saturated rings. The maximum absolute atomic E-state index is 5.30. The number of rotatable bonds is 12. The maximum atomic E-state index is 5.30. The van der Waals surface area contributed by atoms with Gasteiger partial charge in [-0.2, -0.15) is 0 Å². The van der Waals surface area contributed by atoms with Crippen molar-refractivity contribution in [3.05, 3.63) is 499 Å². The van der Waals surface area contributed by atoms with E-state index in [4.69, 9.17) is 34.9 Å². The van der Waals surface area contributed by atoms with Crippen molar-refractivity contribution in [2.45, 2.75) is 78.6 Å². The average molecular weight is 1850 g/mol. The van der Waals surface area contributed by atoms with Crippen LogP contribution in [0.1, 0.15) is 91.6 Å². The fourth-order valence-corrected chi connectivity index (χ4v) is 23.3. The van der Waals surface area contributed by atoms with Crippen molar-refractivity contribution in [2.24, 2.45) is 0 Å². The number of aryl methyl sites for hydroxylation is 3. The lowest BCUT2D eigenvalue weighted by molar-refractivity contribution is 0.660. The Kier molecular flexibility index (Phi) is 21.5. The second-order valence-electron chi connectivity index (χ2n) is 40.3. The summed E-state index contributed by atoms with van der Waals surface area (Å²) in [6, 6.07) is 157. The second-order valence-corrected chi connectivity index (χ2v) is 40.3. The molecule has 3 aliphatic rings. The molecule has 20 aromatic carbocycles. The summed E-state index contributed by atoms with van der Waals surface area (Å²) in [5.41, 5.74) is 41.7. The van der Waals surface area contributed by atoms with Crippen LogP contribution in [0.15, 0.2) is 449 Å². The molecule has 0 saturated carbocycles. The Labute approximate surface area is 839 Å². The van der Waals surface area contributed by atoms with Crippen LogP contribution in [-0.2, 0) is 16.2 Å². The summed E-state index contributed by atoms with van der Waals surface area (Å²) >= 11 is 0. The minimum Gasteiger partial charge on any atom is -0.256 e. The summed E-state index contributed by atoms with van der Waals surface area (Å²) in [5, 5.41) is 14.4. The molecule has 684 valence electrons. The summed E-state index contributed by atoms with van der Waals surface area (Å²) in [6.07, 6.45) is 3.72. The van der Waals surface area contributed by atoms with Crippen molar-refractivity contribution in [1.29, 1.82) is 0 Å². The quantitative estimate of drug-likeness (QED) is 0.113. The van der Waals surface area contributed by atoms with E-state index in [1.165, 1.54) is 176 Å². The van der Waals surface area contributed by atoms with Gasteiger partial charge in [-0.05, 0) is 263 Å². The Morgan fingerprint density at radius 2 is 0.431 bits per heavy atom. The zero-order valence-electron chi connectivity index (χ0n) is 81.9.